The monoisotopic (exact) mass is 238 g/mol. The third kappa shape index (κ3) is 2.40. The Labute approximate surface area is 106 Å². The first kappa shape index (κ1) is 11.0. The zero-order valence-corrected chi connectivity index (χ0v) is 9.99. The van der Waals surface area contributed by atoms with Crippen LogP contribution < -0.4 is 0 Å². The minimum absolute atomic E-state index is 0.199. The SMILES string of the molecule is c1ccc(C[C@H]2COC(c3ccccn3)=N2)cc1. The molecular formula is C15H14N2O. The quantitative estimate of drug-likeness (QED) is 0.823. The van der Waals surface area contributed by atoms with Gasteiger partial charge in [0.15, 0.2) is 0 Å². The molecule has 0 N–H and O–H groups in total. The Hall–Kier alpha value is -2.16. The Morgan fingerprint density at radius 2 is 1.89 bits per heavy atom. The molecule has 18 heavy (non-hydrogen) atoms. The fourth-order valence-corrected chi connectivity index (χ4v) is 2.04. The summed E-state index contributed by atoms with van der Waals surface area (Å²) in [7, 11) is 0. The van der Waals surface area contributed by atoms with Gasteiger partial charge >= 0.3 is 0 Å². The molecule has 1 aliphatic heterocycles. The van der Waals surface area contributed by atoms with Gasteiger partial charge in [-0.2, -0.15) is 0 Å². The highest BCUT2D eigenvalue weighted by atomic mass is 16.5. The minimum Gasteiger partial charge on any atom is -0.474 e. The van der Waals surface area contributed by atoms with Crippen LogP contribution in [0.1, 0.15) is 11.3 Å². The summed E-state index contributed by atoms with van der Waals surface area (Å²) < 4.78 is 5.61. The van der Waals surface area contributed by atoms with Gasteiger partial charge in [0.1, 0.15) is 12.3 Å². The van der Waals surface area contributed by atoms with Crippen LogP contribution in [-0.2, 0) is 11.2 Å². The van der Waals surface area contributed by atoms with Crippen LogP contribution >= 0.6 is 0 Å². The van der Waals surface area contributed by atoms with Crippen LogP contribution in [0.5, 0.6) is 0 Å². The molecule has 3 heteroatoms. The number of benzene rings is 1. The van der Waals surface area contributed by atoms with E-state index in [4.69, 9.17) is 4.74 Å². The van der Waals surface area contributed by atoms with Gasteiger partial charge in [-0.05, 0) is 24.1 Å². The van der Waals surface area contributed by atoms with Crippen LogP contribution in [0.25, 0.3) is 0 Å². The van der Waals surface area contributed by atoms with Gasteiger partial charge in [-0.3, -0.25) is 4.98 Å². The maximum absolute atomic E-state index is 5.61. The third-order valence-corrected chi connectivity index (χ3v) is 2.91. The average Bonchev–Trinajstić information content (AvgIpc) is 2.89. The molecule has 0 fully saturated rings. The Balaban J connectivity index is 1.73. The maximum Gasteiger partial charge on any atom is 0.235 e. The lowest BCUT2D eigenvalue weighted by Gasteiger charge is -2.03. The van der Waals surface area contributed by atoms with Crippen LogP contribution in [0.2, 0.25) is 0 Å². The van der Waals surface area contributed by atoms with E-state index in [0.717, 1.165) is 12.1 Å². The van der Waals surface area contributed by atoms with E-state index in [2.05, 4.69) is 34.2 Å². The van der Waals surface area contributed by atoms with Crippen LogP contribution in [0.4, 0.5) is 0 Å². The molecule has 0 aliphatic carbocycles. The predicted octanol–water partition coefficient (Wildman–Crippen LogP) is 2.47. The van der Waals surface area contributed by atoms with Crippen molar-refractivity contribution in [1.29, 1.82) is 0 Å². The fourth-order valence-electron chi connectivity index (χ4n) is 2.04. The molecule has 1 atom stereocenters. The lowest BCUT2D eigenvalue weighted by Crippen LogP contribution is -2.09. The number of ether oxygens (including phenoxy) is 1. The van der Waals surface area contributed by atoms with Crippen molar-refractivity contribution in [3.05, 3.63) is 66.0 Å². The van der Waals surface area contributed by atoms with Crippen LogP contribution in [0, 0.1) is 0 Å². The number of hydrogen-bond acceptors (Lipinski definition) is 3. The molecule has 2 aromatic rings. The zero-order valence-electron chi connectivity index (χ0n) is 9.99. The van der Waals surface area contributed by atoms with Gasteiger partial charge in [-0.15, -0.1) is 0 Å². The van der Waals surface area contributed by atoms with E-state index in [9.17, 15) is 0 Å². The third-order valence-electron chi connectivity index (χ3n) is 2.91. The number of nitrogens with zero attached hydrogens (tertiary/aromatic N) is 2. The van der Waals surface area contributed by atoms with Gasteiger partial charge < -0.3 is 4.74 Å². The Bertz CT molecular complexity index is 537. The van der Waals surface area contributed by atoms with Crippen molar-refractivity contribution in [3.8, 4) is 0 Å². The van der Waals surface area contributed by atoms with Crippen molar-refractivity contribution in [1.82, 2.24) is 4.98 Å². The molecule has 1 aromatic heterocycles. The van der Waals surface area contributed by atoms with E-state index < -0.39 is 0 Å². The van der Waals surface area contributed by atoms with E-state index in [-0.39, 0.29) is 6.04 Å². The van der Waals surface area contributed by atoms with Crippen LogP contribution in [0.15, 0.2) is 59.7 Å². The second-order valence-electron chi connectivity index (χ2n) is 4.30. The first-order valence-corrected chi connectivity index (χ1v) is 6.08. The van der Waals surface area contributed by atoms with E-state index in [0.29, 0.717) is 12.5 Å². The van der Waals surface area contributed by atoms with Crippen molar-refractivity contribution in [2.45, 2.75) is 12.5 Å². The van der Waals surface area contributed by atoms with Gasteiger partial charge in [-0.25, -0.2) is 4.99 Å². The van der Waals surface area contributed by atoms with Gasteiger partial charge in [0.05, 0.1) is 6.04 Å². The molecule has 0 saturated heterocycles. The number of pyridine rings is 1. The standard InChI is InChI=1S/C15H14N2O/c1-2-6-12(7-3-1)10-13-11-18-15(17-13)14-8-4-5-9-16-14/h1-9,13H,10-11H2/t13-/m0/s1. The number of hydrogen-bond donors (Lipinski definition) is 0. The lowest BCUT2D eigenvalue weighted by molar-refractivity contribution is 0.316. The molecule has 3 nitrogen and oxygen atoms in total. The molecule has 0 spiro atoms. The number of rotatable bonds is 3. The van der Waals surface area contributed by atoms with Crippen molar-refractivity contribution in [2.24, 2.45) is 4.99 Å². The highest BCUT2D eigenvalue weighted by Gasteiger charge is 2.20. The molecule has 1 aliphatic rings. The van der Waals surface area contributed by atoms with E-state index in [1.54, 1.807) is 6.20 Å². The highest BCUT2D eigenvalue weighted by molar-refractivity contribution is 5.93. The summed E-state index contributed by atoms with van der Waals surface area (Å²) in [6, 6.07) is 16.3. The summed E-state index contributed by atoms with van der Waals surface area (Å²) >= 11 is 0. The van der Waals surface area contributed by atoms with E-state index >= 15 is 0 Å². The average molecular weight is 238 g/mol. The summed E-state index contributed by atoms with van der Waals surface area (Å²) in [6.07, 6.45) is 2.67. The summed E-state index contributed by atoms with van der Waals surface area (Å²) in [4.78, 5) is 8.83. The fraction of sp³-hybridized carbons (Fsp3) is 0.200. The van der Waals surface area contributed by atoms with Gasteiger partial charge in [0.25, 0.3) is 0 Å². The van der Waals surface area contributed by atoms with Crippen molar-refractivity contribution in [2.75, 3.05) is 6.61 Å². The predicted molar refractivity (Wildman–Crippen MR) is 70.7 cm³/mol. The van der Waals surface area contributed by atoms with Crippen molar-refractivity contribution < 1.29 is 4.74 Å². The molecule has 1 aromatic carbocycles. The molecule has 90 valence electrons. The second kappa shape index (κ2) is 5.00. The van der Waals surface area contributed by atoms with Crippen LogP contribution in [-0.4, -0.2) is 23.5 Å². The largest absolute Gasteiger partial charge is 0.474 e. The van der Waals surface area contributed by atoms with Crippen LogP contribution in [0.3, 0.4) is 0 Å². The van der Waals surface area contributed by atoms with E-state index in [1.165, 1.54) is 5.56 Å². The Morgan fingerprint density at radius 3 is 2.67 bits per heavy atom. The summed E-state index contributed by atoms with van der Waals surface area (Å²) in [5, 5.41) is 0. The van der Waals surface area contributed by atoms with Gasteiger partial charge in [0.2, 0.25) is 5.90 Å². The lowest BCUT2D eigenvalue weighted by atomic mass is 10.1. The maximum atomic E-state index is 5.61. The Kier molecular flexibility index (Phi) is 3.05. The smallest absolute Gasteiger partial charge is 0.235 e. The molecule has 0 bridgehead atoms. The number of aliphatic imine (C=N–C) groups is 1. The highest BCUT2D eigenvalue weighted by Crippen LogP contribution is 2.14. The summed E-state index contributed by atoms with van der Waals surface area (Å²) in [5.41, 5.74) is 2.10. The minimum atomic E-state index is 0.199. The summed E-state index contributed by atoms with van der Waals surface area (Å²) in [6.45, 7) is 0.640. The van der Waals surface area contributed by atoms with Gasteiger partial charge in [0, 0.05) is 6.20 Å². The Morgan fingerprint density at radius 1 is 1.06 bits per heavy atom. The second-order valence-corrected chi connectivity index (χ2v) is 4.30. The molecule has 2 heterocycles. The van der Waals surface area contributed by atoms with Gasteiger partial charge in [-0.1, -0.05) is 36.4 Å². The first-order valence-electron chi connectivity index (χ1n) is 6.08. The van der Waals surface area contributed by atoms with E-state index in [1.807, 2.05) is 24.3 Å². The topological polar surface area (TPSA) is 34.5 Å². The zero-order chi connectivity index (χ0) is 12.2. The molecular weight excluding hydrogens is 224 g/mol. The number of aromatic nitrogens is 1. The molecule has 0 saturated carbocycles. The molecule has 0 amide bonds. The molecule has 0 radical (unpaired) electrons. The van der Waals surface area contributed by atoms with Crippen molar-refractivity contribution in [3.63, 3.8) is 0 Å². The summed E-state index contributed by atoms with van der Waals surface area (Å²) in [5.74, 6) is 0.663. The molecule has 3 rings (SSSR count). The normalized spacial score (nSPS) is 18.2. The van der Waals surface area contributed by atoms with Crippen molar-refractivity contribution >= 4 is 5.90 Å². The molecule has 0 unspecified atom stereocenters. The first-order chi connectivity index (χ1) is 8.92.